The fourth-order valence-electron chi connectivity index (χ4n) is 5.59. The number of rotatable bonds is 8. The zero-order valence-corrected chi connectivity index (χ0v) is 23.7. The highest BCUT2D eigenvalue weighted by Crippen LogP contribution is 2.40. The average Bonchev–Trinajstić information content (AvgIpc) is 3.65. The Hall–Kier alpha value is -4.69. The monoisotopic (exact) mass is 584 g/mol. The van der Waals surface area contributed by atoms with Crippen LogP contribution in [-0.4, -0.2) is 60.7 Å². The number of halogens is 1. The van der Waals surface area contributed by atoms with E-state index in [-0.39, 0.29) is 11.3 Å². The van der Waals surface area contributed by atoms with Crippen LogP contribution in [0.25, 0.3) is 16.6 Å². The molecule has 3 N–H and O–H groups in total. The summed E-state index contributed by atoms with van der Waals surface area (Å²) in [7, 11) is 0. The van der Waals surface area contributed by atoms with Crippen molar-refractivity contribution in [1.29, 1.82) is 5.26 Å². The van der Waals surface area contributed by atoms with Gasteiger partial charge >= 0.3 is 6.09 Å². The third kappa shape index (κ3) is 5.10. The number of fused-ring (bicyclic) bond motifs is 1. The molecule has 1 aliphatic carbocycles. The molecule has 0 bridgehead atoms. The van der Waals surface area contributed by atoms with Crippen molar-refractivity contribution in [1.82, 2.24) is 24.9 Å². The molecule has 0 unspecified atom stereocenters. The number of carboxylic acid groups (broad SMARTS) is 1. The van der Waals surface area contributed by atoms with Crippen molar-refractivity contribution in [2.24, 2.45) is 0 Å². The fourth-order valence-corrected chi connectivity index (χ4v) is 5.81. The van der Waals surface area contributed by atoms with Gasteiger partial charge in [-0.3, -0.25) is 4.79 Å². The van der Waals surface area contributed by atoms with Gasteiger partial charge in [-0.25, -0.2) is 19.3 Å². The molecule has 1 aliphatic heterocycles. The number of nitriles is 1. The minimum atomic E-state index is -1.24. The van der Waals surface area contributed by atoms with E-state index in [2.05, 4.69) is 38.6 Å². The van der Waals surface area contributed by atoms with E-state index >= 15 is 0 Å². The summed E-state index contributed by atoms with van der Waals surface area (Å²) in [5.74, 6) is 1.73. The van der Waals surface area contributed by atoms with E-state index < -0.39 is 11.6 Å². The van der Waals surface area contributed by atoms with Gasteiger partial charge in [-0.15, -0.1) is 11.6 Å². The van der Waals surface area contributed by atoms with E-state index in [9.17, 15) is 20.0 Å². The predicted octanol–water partition coefficient (Wildman–Crippen LogP) is 4.86. The maximum absolute atomic E-state index is 13.4. The third-order valence-corrected chi connectivity index (χ3v) is 8.52. The lowest BCUT2D eigenvalue weighted by molar-refractivity contribution is 0.0921. The molecule has 5 heterocycles. The number of hydrogen-bond acceptors (Lipinski definition) is 8. The number of aromatic nitrogens is 4. The molecule has 1 amide bonds. The lowest BCUT2D eigenvalue weighted by Crippen LogP contribution is -2.47. The number of amides is 1. The van der Waals surface area contributed by atoms with Gasteiger partial charge in [0.25, 0.3) is 0 Å². The van der Waals surface area contributed by atoms with Crippen molar-refractivity contribution >= 4 is 40.6 Å². The lowest BCUT2D eigenvalue weighted by Gasteiger charge is -2.41. The van der Waals surface area contributed by atoms with Crippen molar-refractivity contribution < 1.29 is 14.7 Å². The van der Waals surface area contributed by atoms with Crippen LogP contribution in [0.3, 0.4) is 0 Å². The Morgan fingerprint density at radius 3 is 2.57 bits per heavy atom. The summed E-state index contributed by atoms with van der Waals surface area (Å²) in [5.41, 5.74) is 2.31. The molecular formula is C30H29ClN8O3. The van der Waals surface area contributed by atoms with Gasteiger partial charge in [0, 0.05) is 59.5 Å². The first-order valence-corrected chi connectivity index (χ1v) is 14.2. The van der Waals surface area contributed by atoms with Crippen LogP contribution >= 0.6 is 11.6 Å². The Labute approximate surface area is 247 Å². The third-order valence-electron chi connectivity index (χ3n) is 8.23. The van der Waals surface area contributed by atoms with E-state index in [0.29, 0.717) is 40.9 Å². The number of carbonyl (C=O) groups excluding carboxylic acids is 1. The second-order valence-electron chi connectivity index (χ2n) is 11.2. The van der Waals surface area contributed by atoms with Crippen molar-refractivity contribution in [2.75, 3.05) is 23.3 Å². The van der Waals surface area contributed by atoms with Crippen LogP contribution in [0.2, 0.25) is 0 Å². The van der Waals surface area contributed by atoms with E-state index in [4.69, 9.17) is 16.6 Å². The van der Waals surface area contributed by atoms with Gasteiger partial charge in [0.15, 0.2) is 5.78 Å². The highest BCUT2D eigenvalue weighted by molar-refractivity contribution is 6.17. The van der Waals surface area contributed by atoms with Gasteiger partial charge in [0.1, 0.15) is 23.2 Å². The molecule has 1 saturated heterocycles. The Morgan fingerprint density at radius 1 is 1.14 bits per heavy atom. The van der Waals surface area contributed by atoms with Crippen molar-refractivity contribution in [3.05, 3.63) is 71.8 Å². The van der Waals surface area contributed by atoms with Gasteiger partial charge < -0.3 is 20.6 Å². The fraction of sp³-hybridized carbons (Fsp3) is 0.333. The number of alkyl halides is 1. The van der Waals surface area contributed by atoms with E-state index in [1.165, 1.54) is 10.7 Å². The number of Topliss-reactive ketones (excluding diaryl/α,β-unsaturated/α-hetero) is 1. The molecule has 4 aromatic rings. The molecule has 0 aromatic carbocycles. The molecule has 12 heteroatoms. The normalized spacial score (nSPS) is 16.9. The Balaban J connectivity index is 1.24. The highest BCUT2D eigenvalue weighted by atomic mass is 35.5. The zero-order chi connectivity index (χ0) is 29.5. The van der Waals surface area contributed by atoms with E-state index in [1.807, 2.05) is 24.3 Å². The number of hydrogen-bond donors (Lipinski definition) is 3. The summed E-state index contributed by atoms with van der Waals surface area (Å²) in [5, 5.41) is 29.2. The quantitative estimate of drug-likeness (QED) is 0.195. The molecule has 2 aliphatic rings. The Morgan fingerprint density at radius 2 is 1.93 bits per heavy atom. The first kappa shape index (κ1) is 27.5. The second-order valence-corrected chi connectivity index (χ2v) is 11.4. The second kappa shape index (κ2) is 10.6. The van der Waals surface area contributed by atoms with E-state index in [1.54, 1.807) is 24.7 Å². The van der Waals surface area contributed by atoms with Gasteiger partial charge in [-0.2, -0.15) is 10.4 Å². The van der Waals surface area contributed by atoms with Crippen LogP contribution in [0.1, 0.15) is 54.1 Å². The molecule has 0 atom stereocenters. The number of nitrogens with one attached hydrogen (secondary N) is 2. The standard InChI is InChI=1S/C30H29ClN8O3/c1-29(36-27-19(14-31)3-2-10-33-27)8-11-38(12-9-29)24-5-4-20(16-34-24)23-13-21(18-39-25(23)22(15-32)17-35-39)26(40)30(6-7-30)37-28(41)42/h2-5,10,13,16-18,37H,6-9,11-12,14H2,1H3,(H,33,36)(H,41,42). The summed E-state index contributed by atoms with van der Waals surface area (Å²) in [6.45, 7) is 3.79. The summed E-state index contributed by atoms with van der Waals surface area (Å²) in [4.78, 5) is 36.1. The maximum Gasteiger partial charge on any atom is 0.405 e. The molecule has 6 rings (SSSR count). The van der Waals surface area contributed by atoms with Crippen LogP contribution in [0.4, 0.5) is 16.4 Å². The molecule has 11 nitrogen and oxygen atoms in total. The first-order valence-electron chi connectivity index (χ1n) is 13.7. The van der Waals surface area contributed by atoms with Crippen LogP contribution in [0, 0.1) is 11.3 Å². The summed E-state index contributed by atoms with van der Waals surface area (Å²) >= 11 is 6.10. The van der Waals surface area contributed by atoms with Crippen LogP contribution in [-0.2, 0) is 5.88 Å². The topological polar surface area (TPSA) is 149 Å². The smallest absolute Gasteiger partial charge is 0.405 e. The molecule has 214 valence electrons. The summed E-state index contributed by atoms with van der Waals surface area (Å²) < 4.78 is 1.50. The van der Waals surface area contributed by atoms with Crippen molar-refractivity contribution in [3.8, 4) is 17.2 Å². The van der Waals surface area contributed by atoms with Gasteiger partial charge in [0.2, 0.25) is 0 Å². The number of pyridine rings is 3. The number of carbonyl (C=O) groups is 2. The minimum Gasteiger partial charge on any atom is -0.465 e. The molecule has 0 spiro atoms. The number of piperidine rings is 1. The molecule has 1 saturated carbocycles. The number of nitrogens with zero attached hydrogens (tertiary/aromatic N) is 6. The van der Waals surface area contributed by atoms with Crippen molar-refractivity contribution in [2.45, 2.75) is 49.6 Å². The van der Waals surface area contributed by atoms with Crippen LogP contribution < -0.4 is 15.5 Å². The first-order chi connectivity index (χ1) is 20.2. The minimum absolute atomic E-state index is 0.131. The molecule has 42 heavy (non-hydrogen) atoms. The van der Waals surface area contributed by atoms with Crippen LogP contribution in [0.5, 0.6) is 0 Å². The van der Waals surface area contributed by atoms with Crippen molar-refractivity contribution in [3.63, 3.8) is 0 Å². The number of ketones is 1. The summed E-state index contributed by atoms with van der Waals surface area (Å²) in [6, 6.07) is 11.6. The summed E-state index contributed by atoms with van der Waals surface area (Å²) in [6.07, 6.45) is 7.90. The highest BCUT2D eigenvalue weighted by Gasteiger charge is 2.51. The lowest BCUT2D eigenvalue weighted by atomic mass is 9.89. The van der Waals surface area contributed by atoms with E-state index in [0.717, 1.165) is 48.7 Å². The maximum atomic E-state index is 13.4. The Bertz CT molecular complexity index is 1720. The largest absolute Gasteiger partial charge is 0.465 e. The molecular weight excluding hydrogens is 556 g/mol. The van der Waals surface area contributed by atoms with Gasteiger partial charge in [0.05, 0.1) is 23.2 Å². The molecule has 0 radical (unpaired) electrons. The van der Waals surface area contributed by atoms with Crippen LogP contribution in [0.15, 0.2) is 55.1 Å². The number of anilines is 2. The Kier molecular flexibility index (Phi) is 6.94. The molecule has 2 fully saturated rings. The molecule has 4 aromatic heterocycles. The van der Waals surface area contributed by atoms with Gasteiger partial charge in [-0.1, -0.05) is 6.07 Å². The SMILES string of the molecule is CC1(Nc2ncccc2CCl)CCN(c2ccc(-c3cc(C(=O)C4(NC(=O)O)CC4)cn4ncc(C#N)c34)cn2)CC1. The van der Waals surface area contributed by atoms with Gasteiger partial charge in [-0.05, 0) is 56.9 Å². The predicted molar refractivity (Wildman–Crippen MR) is 158 cm³/mol. The zero-order valence-electron chi connectivity index (χ0n) is 23.0. The average molecular weight is 585 g/mol.